The van der Waals surface area contributed by atoms with Gasteiger partial charge in [0, 0.05) is 16.1 Å². The summed E-state index contributed by atoms with van der Waals surface area (Å²) in [5, 5.41) is 5.70. The maximum Gasteiger partial charge on any atom is 0.255 e. The third-order valence-electron chi connectivity index (χ3n) is 4.45. The molecule has 29 heavy (non-hydrogen) atoms. The second kappa shape index (κ2) is 8.41. The highest BCUT2D eigenvalue weighted by Gasteiger charge is 2.16. The van der Waals surface area contributed by atoms with Crippen molar-refractivity contribution < 1.29 is 14.3 Å². The van der Waals surface area contributed by atoms with Crippen LogP contribution >= 0.6 is 11.8 Å². The van der Waals surface area contributed by atoms with Gasteiger partial charge in [-0.1, -0.05) is 35.9 Å². The number of hydrogen-bond acceptors (Lipinski definition) is 4. The quantitative estimate of drug-likeness (QED) is 0.637. The van der Waals surface area contributed by atoms with Crippen molar-refractivity contribution >= 4 is 35.0 Å². The lowest BCUT2D eigenvalue weighted by atomic mass is 10.1. The van der Waals surface area contributed by atoms with Crippen molar-refractivity contribution in [2.45, 2.75) is 18.4 Å². The van der Waals surface area contributed by atoms with E-state index < -0.39 is 0 Å². The van der Waals surface area contributed by atoms with Gasteiger partial charge in [-0.15, -0.1) is 11.8 Å². The average Bonchev–Trinajstić information content (AvgIpc) is 2.72. The van der Waals surface area contributed by atoms with Gasteiger partial charge in [0.2, 0.25) is 5.91 Å². The first-order valence-electron chi connectivity index (χ1n) is 9.23. The third-order valence-corrected chi connectivity index (χ3v) is 5.53. The molecular weight excluding hydrogens is 384 g/mol. The molecule has 0 fully saturated rings. The monoisotopic (exact) mass is 404 g/mol. The molecular formula is C23H20N2O3S. The number of amides is 2. The summed E-state index contributed by atoms with van der Waals surface area (Å²) >= 11 is 1.49. The number of fused-ring (bicyclic) bond motifs is 1. The molecule has 3 aromatic rings. The van der Waals surface area contributed by atoms with Gasteiger partial charge < -0.3 is 15.4 Å². The first kappa shape index (κ1) is 19.1. The Hall–Kier alpha value is -3.25. The van der Waals surface area contributed by atoms with Gasteiger partial charge >= 0.3 is 0 Å². The van der Waals surface area contributed by atoms with Gasteiger partial charge in [-0.3, -0.25) is 9.59 Å². The summed E-state index contributed by atoms with van der Waals surface area (Å²) in [7, 11) is 0. The first-order valence-corrected chi connectivity index (χ1v) is 10.2. The minimum atomic E-state index is -0.235. The Labute approximate surface area is 173 Å². The van der Waals surface area contributed by atoms with Gasteiger partial charge in [0.15, 0.2) is 0 Å². The highest BCUT2D eigenvalue weighted by Crippen LogP contribution is 2.33. The number of benzene rings is 3. The van der Waals surface area contributed by atoms with Gasteiger partial charge in [-0.25, -0.2) is 0 Å². The van der Waals surface area contributed by atoms with E-state index in [1.54, 1.807) is 24.3 Å². The molecule has 0 saturated carbocycles. The molecule has 146 valence electrons. The summed E-state index contributed by atoms with van der Waals surface area (Å²) in [5.41, 5.74) is 4.11. The van der Waals surface area contributed by atoms with Crippen molar-refractivity contribution in [2.75, 3.05) is 16.4 Å². The highest BCUT2D eigenvalue weighted by molar-refractivity contribution is 8.00. The molecule has 6 heteroatoms. The van der Waals surface area contributed by atoms with Crippen molar-refractivity contribution in [3.8, 4) is 5.75 Å². The van der Waals surface area contributed by atoms with E-state index in [-0.39, 0.29) is 11.8 Å². The Morgan fingerprint density at radius 1 is 1.10 bits per heavy atom. The zero-order valence-corrected chi connectivity index (χ0v) is 16.7. The maximum absolute atomic E-state index is 12.7. The van der Waals surface area contributed by atoms with Crippen LogP contribution in [0.2, 0.25) is 0 Å². The van der Waals surface area contributed by atoms with Crippen molar-refractivity contribution in [3.05, 3.63) is 83.4 Å². The number of carbonyl (C=O) groups excluding carboxylic acids is 2. The van der Waals surface area contributed by atoms with Crippen LogP contribution in [0.4, 0.5) is 11.4 Å². The summed E-state index contributed by atoms with van der Waals surface area (Å²) in [6.45, 7) is 2.48. The van der Waals surface area contributed by atoms with Crippen LogP contribution in [0.25, 0.3) is 0 Å². The fourth-order valence-corrected chi connectivity index (χ4v) is 3.85. The molecule has 0 aliphatic carbocycles. The summed E-state index contributed by atoms with van der Waals surface area (Å²) in [5.74, 6) is 0.770. The SMILES string of the molecule is Cc1cccc(COc2cccc(C(=O)Nc3ccc4c(c3)NC(=O)CS4)c2)c1. The van der Waals surface area contributed by atoms with Crippen molar-refractivity contribution in [1.29, 1.82) is 0 Å². The van der Waals surface area contributed by atoms with Gasteiger partial charge in [0.25, 0.3) is 5.91 Å². The number of thioether (sulfide) groups is 1. The topological polar surface area (TPSA) is 67.4 Å². The van der Waals surface area contributed by atoms with E-state index in [4.69, 9.17) is 4.74 Å². The normalized spacial score (nSPS) is 12.7. The van der Waals surface area contributed by atoms with Crippen molar-refractivity contribution in [2.24, 2.45) is 0 Å². The number of rotatable bonds is 5. The van der Waals surface area contributed by atoms with Gasteiger partial charge in [0.05, 0.1) is 11.4 Å². The van der Waals surface area contributed by atoms with Gasteiger partial charge in [-0.2, -0.15) is 0 Å². The predicted octanol–water partition coefficient (Wildman–Crippen LogP) is 4.87. The molecule has 1 heterocycles. The Morgan fingerprint density at radius 3 is 2.83 bits per heavy atom. The van der Waals surface area contributed by atoms with E-state index in [9.17, 15) is 9.59 Å². The fraction of sp³-hybridized carbons (Fsp3) is 0.130. The second-order valence-corrected chi connectivity index (χ2v) is 7.82. The average molecular weight is 404 g/mol. The molecule has 4 rings (SSSR count). The Kier molecular flexibility index (Phi) is 5.53. The standard InChI is InChI=1S/C23H20N2O3S/c1-15-4-2-5-16(10-15)13-28-19-7-3-6-17(11-19)23(27)24-18-8-9-21-20(12-18)25-22(26)14-29-21/h2-12H,13-14H2,1H3,(H,24,27)(H,25,26). The molecule has 0 atom stereocenters. The fourth-order valence-electron chi connectivity index (χ4n) is 3.06. The molecule has 1 aliphatic heterocycles. The molecule has 5 nitrogen and oxygen atoms in total. The lowest BCUT2D eigenvalue weighted by molar-refractivity contribution is -0.113. The van der Waals surface area contributed by atoms with E-state index >= 15 is 0 Å². The van der Waals surface area contributed by atoms with Crippen LogP contribution in [-0.2, 0) is 11.4 Å². The number of nitrogens with one attached hydrogen (secondary N) is 2. The Morgan fingerprint density at radius 2 is 1.97 bits per heavy atom. The van der Waals surface area contributed by atoms with Crippen LogP contribution in [0.3, 0.4) is 0 Å². The number of aryl methyl sites for hydroxylation is 1. The number of ether oxygens (including phenoxy) is 1. The van der Waals surface area contributed by atoms with Crippen LogP contribution < -0.4 is 15.4 Å². The molecule has 0 spiro atoms. The molecule has 0 aromatic heterocycles. The van der Waals surface area contributed by atoms with E-state index in [0.29, 0.717) is 29.4 Å². The zero-order chi connectivity index (χ0) is 20.2. The van der Waals surface area contributed by atoms with E-state index in [0.717, 1.165) is 16.1 Å². The van der Waals surface area contributed by atoms with Gasteiger partial charge in [0.1, 0.15) is 12.4 Å². The van der Waals surface area contributed by atoms with Gasteiger partial charge in [-0.05, 0) is 48.9 Å². The molecule has 2 N–H and O–H groups in total. The smallest absolute Gasteiger partial charge is 0.255 e. The van der Waals surface area contributed by atoms with Crippen LogP contribution in [-0.4, -0.2) is 17.6 Å². The lowest BCUT2D eigenvalue weighted by Gasteiger charge is -2.17. The number of anilines is 2. The van der Waals surface area contributed by atoms with E-state index in [2.05, 4.69) is 16.7 Å². The summed E-state index contributed by atoms with van der Waals surface area (Å²) in [6, 6.07) is 20.7. The maximum atomic E-state index is 12.7. The second-order valence-electron chi connectivity index (χ2n) is 6.81. The van der Waals surface area contributed by atoms with Crippen LogP contribution in [0.15, 0.2) is 71.6 Å². The Bertz CT molecular complexity index is 1080. The number of carbonyl (C=O) groups is 2. The molecule has 0 saturated heterocycles. The van der Waals surface area contributed by atoms with Crippen LogP contribution in [0.1, 0.15) is 21.5 Å². The molecule has 0 unspecified atom stereocenters. The number of hydrogen-bond donors (Lipinski definition) is 2. The van der Waals surface area contributed by atoms with Crippen molar-refractivity contribution in [1.82, 2.24) is 0 Å². The van der Waals surface area contributed by atoms with Crippen LogP contribution in [0, 0.1) is 6.92 Å². The molecule has 3 aromatic carbocycles. The van der Waals surface area contributed by atoms with Crippen LogP contribution in [0.5, 0.6) is 5.75 Å². The third kappa shape index (κ3) is 4.78. The predicted molar refractivity (Wildman–Crippen MR) is 116 cm³/mol. The largest absolute Gasteiger partial charge is 0.489 e. The van der Waals surface area contributed by atoms with E-state index in [1.165, 1.54) is 17.3 Å². The minimum absolute atomic E-state index is 0.0376. The molecule has 1 aliphatic rings. The van der Waals surface area contributed by atoms with Crippen molar-refractivity contribution in [3.63, 3.8) is 0 Å². The summed E-state index contributed by atoms with van der Waals surface area (Å²) < 4.78 is 5.84. The Balaban J connectivity index is 1.43. The summed E-state index contributed by atoms with van der Waals surface area (Å²) in [4.78, 5) is 25.2. The zero-order valence-electron chi connectivity index (χ0n) is 15.9. The molecule has 2 amide bonds. The minimum Gasteiger partial charge on any atom is -0.489 e. The highest BCUT2D eigenvalue weighted by atomic mass is 32.2. The first-order chi connectivity index (χ1) is 14.1. The lowest BCUT2D eigenvalue weighted by Crippen LogP contribution is -2.19. The molecule has 0 bridgehead atoms. The summed E-state index contributed by atoms with van der Waals surface area (Å²) in [6.07, 6.45) is 0. The molecule has 0 radical (unpaired) electrons. The van der Waals surface area contributed by atoms with E-state index in [1.807, 2.05) is 43.3 Å².